The van der Waals surface area contributed by atoms with Gasteiger partial charge in [0.05, 0.1) is 21.9 Å². The minimum atomic E-state index is -2.65. The molecule has 138 valence electrons. The molecule has 3 nitrogen and oxygen atoms in total. The van der Waals surface area contributed by atoms with Gasteiger partial charge in [0.2, 0.25) is 5.92 Å². The van der Waals surface area contributed by atoms with Gasteiger partial charge in [-0.25, -0.2) is 8.78 Å². The highest BCUT2D eigenvalue weighted by atomic mass is 35.5. The number of rotatable bonds is 2. The van der Waals surface area contributed by atoms with Crippen LogP contribution in [0.3, 0.4) is 0 Å². The lowest BCUT2D eigenvalue weighted by Gasteiger charge is -2.32. The first-order valence-corrected chi connectivity index (χ1v) is 9.05. The van der Waals surface area contributed by atoms with Crippen LogP contribution in [-0.2, 0) is 14.7 Å². The Kier molecular flexibility index (Phi) is 4.30. The maximum absolute atomic E-state index is 13.7. The van der Waals surface area contributed by atoms with Crippen molar-refractivity contribution in [1.29, 1.82) is 0 Å². The Morgan fingerprint density at radius 1 is 1.08 bits per heavy atom. The summed E-state index contributed by atoms with van der Waals surface area (Å²) < 4.78 is 39.6. The highest BCUT2D eigenvalue weighted by Gasteiger charge is 2.53. The van der Waals surface area contributed by atoms with Crippen molar-refractivity contribution in [1.82, 2.24) is 4.98 Å². The van der Waals surface area contributed by atoms with Gasteiger partial charge in [0, 0.05) is 29.4 Å². The topological polar surface area (TPSA) is 31.4 Å². The van der Waals surface area contributed by atoms with Gasteiger partial charge >= 0.3 is 7.12 Å². The molecule has 0 N–H and O–H groups in total. The van der Waals surface area contributed by atoms with E-state index < -0.39 is 29.7 Å². The van der Waals surface area contributed by atoms with Crippen LogP contribution >= 0.6 is 11.6 Å². The molecule has 0 bridgehead atoms. The Morgan fingerprint density at radius 3 is 2.12 bits per heavy atom. The first kappa shape index (κ1) is 19.1. The fraction of sp³-hybridized carbons (Fsp3) is 0.722. The van der Waals surface area contributed by atoms with Crippen LogP contribution in [0.15, 0.2) is 6.07 Å². The fourth-order valence-electron chi connectivity index (χ4n) is 3.64. The van der Waals surface area contributed by atoms with E-state index in [0.29, 0.717) is 22.8 Å². The van der Waals surface area contributed by atoms with Crippen molar-refractivity contribution in [2.75, 3.05) is 0 Å². The number of halogens is 3. The smallest absolute Gasteiger partial charge is 0.399 e. The van der Waals surface area contributed by atoms with E-state index in [1.807, 2.05) is 41.5 Å². The van der Waals surface area contributed by atoms with Crippen molar-refractivity contribution >= 4 is 24.2 Å². The zero-order valence-corrected chi connectivity index (χ0v) is 16.4. The lowest BCUT2D eigenvalue weighted by atomic mass is 9.76. The fourth-order valence-corrected chi connectivity index (χ4v) is 4.02. The molecule has 2 fully saturated rings. The highest BCUT2D eigenvalue weighted by Crippen LogP contribution is 2.49. The van der Waals surface area contributed by atoms with E-state index in [1.54, 1.807) is 6.07 Å². The zero-order valence-electron chi connectivity index (χ0n) is 15.7. The number of aromatic nitrogens is 1. The predicted octanol–water partition coefficient (Wildman–Crippen LogP) is 4.42. The molecule has 1 saturated heterocycles. The van der Waals surface area contributed by atoms with Gasteiger partial charge in [0.25, 0.3) is 0 Å². The van der Waals surface area contributed by atoms with Gasteiger partial charge in [-0.1, -0.05) is 18.5 Å². The van der Waals surface area contributed by atoms with Gasteiger partial charge in [-0.15, -0.1) is 0 Å². The van der Waals surface area contributed by atoms with E-state index in [9.17, 15) is 8.78 Å². The molecule has 1 saturated carbocycles. The quantitative estimate of drug-likeness (QED) is 0.721. The molecule has 0 spiro atoms. The molecule has 7 heteroatoms. The van der Waals surface area contributed by atoms with Crippen LogP contribution in [0.2, 0.25) is 5.02 Å². The summed E-state index contributed by atoms with van der Waals surface area (Å²) in [5.74, 6) is -2.65. The molecule has 25 heavy (non-hydrogen) atoms. The second-order valence-electron chi connectivity index (χ2n) is 8.68. The lowest BCUT2D eigenvalue weighted by Crippen LogP contribution is -2.41. The summed E-state index contributed by atoms with van der Waals surface area (Å²) in [6, 6.07) is 1.77. The third-order valence-corrected chi connectivity index (χ3v) is 6.26. The van der Waals surface area contributed by atoms with Gasteiger partial charge in [-0.3, -0.25) is 4.98 Å². The Bertz CT molecular complexity index is 695. The predicted molar refractivity (Wildman–Crippen MR) is 95.9 cm³/mol. The van der Waals surface area contributed by atoms with Crippen LogP contribution in [0.4, 0.5) is 8.78 Å². The lowest BCUT2D eigenvalue weighted by molar-refractivity contribution is 0.00334. The van der Waals surface area contributed by atoms with E-state index in [4.69, 9.17) is 20.9 Å². The summed E-state index contributed by atoms with van der Waals surface area (Å²) in [5, 5.41) is 0.399. The summed E-state index contributed by atoms with van der Waals surface area (Å²) in [5.41, 5.74) is 0.364. The number of aryl methyl sites for hydroxylation is 1. The van der Waals surface area contributed by atoms with Crippen LogP contribution in [-0.4, -0.2) is 29.2 Å². The zero-order chi connectivity index (χ0) is 18.8. The van der Waals surface area contributed by atoms with E-state index >= 15 is 0 Å². The summed E-state index contributed by atoms with van der Waals surface area (Å²) in [6.45, 7) is 11.6. The minimum Gasteiger partial charge on any atom is -0.399 e. The number of hydrogen-bond acceptors (Lipinski definition) is 3. The molecular weight excluding hydrogens is 346 g/mol. The van der Waals surface area contributed by atoms with Gasteiger partial charge in [0.1, 0.15) is 0 Å². The number of pyridine rings is 1. The molecule has 0 aromatic carbocycles. The minimum absolute atomic E-state index is 0.125. The van der Waals surface area contributed by atoms with Crippen molar-refractivity contribution in [2.45, 2.75) is 83.3 Å². The van der Waals surface area contributed by atoms with Crippen LogP contribution in [0.1, 0.15) is 65.3 Å². The molecule has 2 aliphatic rings. The Labute approximate surface area is 153 Å². The average molecular weight is 372 g/mol. The third-order valence-electron chi connectivity index (χ3n) is 5.98. The summed E-state index contributed by atoms with van der Waals surface area (Å²) in [6.07, 6.45) is 0.0313. The molecule has 1 aromatic rings. The van der Waals surface area contributed by atoms with E-state index in [-0.39, 0.29) is 12.8 Å². The van der Waals surface area contributed by atoms with Crippen molar-refractivity contribution in [3.8, 4) is 0 Å². The number of hydrogen-bond donors (Lipinski definition) is 0. The van der Waals surface area contributed by atoms with Gasteiger partial charge in [-0.2, -0.15) is 0 Å². The second-order valence-corrected chi connectivity index (χ2v) is 9.08. The van der Waals surface area contributed by atoms with Crippen molar-refractivity contribution in [2.24, 2.45) is 0 Å². The molecule has 1 aliphatic carbocycles. The van der Waals surface area contributed by atoms with Gasteiger partial charge in [0.15, 0.2) is 0 Å². The highest BCUT2D eigenvalue weighted by molar-refractivity contribution is 6.62. The monoisotopic (exact) mass is 371 g/mol. The SMILES string of the molecule is Cc1nc(C2(C)CCC(F)(F)C2)c(Cl)cc1B1OC(C)(C)C(C)(C)O1. The van der Waals surface area contributed by atoms with Crippen molar-refractivity contribution in [3.05, 3.63) is 22.5 Å². The van der Waals surface area contributed by atoms with Crippen molar-refractivity contribution in [3.63, 3.8) is 0 Å². The molecule has 3 rings (SSSR count). The van der Waals surface area contributed by atoms with Crippen LogP contribution < -0.4 is 5.46 Å². The molecular formula is C18H25BClF2NO2. The molecule has 1 aromatic heterocycles. The van der Waals surface area contributed by atoms with Crippen molar-refractivity contribution < 1.29 is 18.1 Å². The maximum atomic E-state index is 13.7. The molecule has 0 amide bonds. The number of nitrogens with zero attached hydrogens (tertiary/aromatic N) is 1. The third kappa shape index (κ3) is 3.21. The first-order valence-electron chi connectivity index (χ1n) is 8.67. The van der Waals surface area contributed by atoms with Crippen LogP contribution in [0.5, 0.6) is 0 Å². The summed E-state index contributed by atoms with van der Waals surface area (Å²) in [7, 11) is -0.568. The molecule has 1 atom stereocenters. The summed E-state index contributed by atoms with van der Waals surface area (Å²) in [4.78, 5) is 4.61. The van der Waals surface area contributed by atoms with Crippen LogP contribution in [0, 0.1) is 6.92 Å². The van der Waals surface area contributed by atoms with Gasteiger partial charge in [-0.05, 0) is 47.1 Å². The Balaban J connectivity index is 1.95. The second kappa shape index (κ2) is 5.64. The largest absolute Gasteiger partial charge is 0.496 e. The summed E-state index contributed by atoms with van der Waals surface area (Å²) >= 11 is 6.47. The van der Waals surface area contributed by atoms with Crippen LogP contribution in [0.25, 0.3) is 0 Å². The molecule has 1 unspecified atom stereocenters. The first-order chi connectivity index (χ1) is 11.3. The van der Waals surface area contributed by atoms with E-state index in [0.717, 1.165) is 5.46 Å². The van der Waals surface area contributed by atoms with Gasteiger partial charge < -0.3 is 9.31 Å². The molecule has 2 heterocycles. The normalized spacial score (nSPS) is 30.0. The Morgan fingerprint density at radius 2 is 1.64 bits per heavy atom. The van der Waals surface area contributed by atoms with E-state index in [1.165, 1.54) is 0 Å². The van der Waals surface area contributed by atoms with E-state index in [2.05, 4.69) is 4.98 Å². The Hall–Kier alpha value is -0.715. The molecule has 0 radical (unpaired) electrons. The maximum Gasteiger partial charge on any atom is 0.496 e. The standard InChI is InChI=1S/C18H25BClF2NO2/c1-11-12(19-24-15(2,3)16(4,5)25-19)9-13(20)14(23-11)17(6)7-8-18(21,22)10-17/h9H,7-8,10H2,1-6H3. The molecule has 1 aliphatic heterocycles. The number of alkyl halides is 2. The average Bonchev–Trinajstić information content (AvgIpc) is 2.85.